The normalized spacial score (nSPS) is 9.69. The van der Waals surface area contributed by atoms with Crippen molar-refractivity contribution in [2.24, 2.45) is 0 Å². The Hall–Kier alpha value is -1.10. The molecule has 5 heteroatoms. The molecule has 0 aliphatic rings. The van der Waals surface area contributed by atoms with Gasteiger partial charge in [-0.1, -0.05) is 15.9 Å². The summed E-state index contributed by atoms with van der Waals surface area (Å²) in [6.45, 7) is -0.476. The first-order valence-corrected chi connectivity index (χ1v) is 4.18. The van der Waals surface area contributed by atoms with Crippen LogP contribution < -0.4 is 4.74 Å². The molecule has 70 valence electrons. The van der Waals surface area contributed by atoms with Crippen LogP contribution in [0, 0.1) is 5.82 Å². The quantitative estimate of drug-likeness (QED) is 0.891. The van der Waals surface area contributed by atoms with Crippen molar-refractivity contribution in [2.45, 2.75) is 0 Å². The van der Waals surface area contributed by atoms with Gasteiger partial charge in [0.05, 0.1) is 0 Å². The predicted molar refractivity (Wildman–Crippen MR) is 47.2 cm³/mol. The highest BCUT2D eigenvalue weighted by Gasteiger charge is 2.02. The summed E-state index contributed by atoms with van der Waals surface area (Å²) in [6, 6.07) is 3.87. The number of hydrogen-bond acceptors (Lipinski definition) is 2. The number of carbonyl (C=O) groups is 1. The molecule has 0 fully saturated rings. The largest absolute Gasteiger partial charge is 0.482 e. The number of aliphatic carboxylic acids is 1. The Morgan fingerprint density at radius 2 is 2.23 bits per heavy atom. The molecule has 0 bridgehead atoms. The molecule has 3 nitrogen and oxygen atoms in total. The standard InChI is InChI=1S/C8H6BrFO3/c9-5-1-6(10)3-7(2-5)13-4-8(11)12/h1-3H,4H2,(H,11,12). The van der Waals surface area contributed by atoms with Gasteiger partial charge in [0, 0.05) is 10.5 Å². The highest BCUT2D eigenvalue weighted by Crippen LogP contribution is 2.20. The average molecular weight is 249 g/mol. The number of ether oxygens (including phenoxy) is 1. The molecule has 1 aromatic carbocycles. The molecular formula is C8H6BrFO3. The fourth-order valence-electron chi connectivity index (χ4n) is 0.757. The minimum Gasteiger partial charge on any atom is -0.482 e. The number of carboxylic acids is 1. The van der Waals surface area contributed by atoms with Crippen LogP contribution in [0.1, 0.15) is 0 Å². The van der Waals surface area contributed by atoms with Crippen LogP contribution >= 0.6 is 15.9 Å². The minimum atomic E-state index is -1.10. The molecule has 1 rings (SSSR count). The zero-order valence-corrected chi connectivity index (χ0v) is 8.04. The molecule has 0 saturated heterocycles. The molecular weight excluding hydrogens is 243 g/mol. The highest BCUT2D eigenvalue weighted by molar-refractivity contribution is 9.10. The zero-order valence-electron chi connectivity index (χ0n) is 6.46. The average Bonchev–Trinajstić information content (AvgIpc) is 1.99. The van der Waals surface area contributed by atoms with Crippen LogP contribution in [0.5, 0.6) is 5.75 Å². The fourth-order valence-corrected chi connectivity index (χ4v) is 1.20. The summed E-state index contributed by atoms with van der Waals surface area (Å²) in [7, 11) is 0. The molecule has 0 aliphatic carbocycles. The van der Waals surface area contributed by atoms with Gasteiger partial charge in [0.2, 0.25) is 0 Å². The van der Waals surface area contributed by atoms with Gasteiger partial charge < -0.3 is 9.84 Å². The van der Waals surface area contributed by atoms with E-state index in [0.717, 1.165) is 6.07 Å². The van der Waals surface area contributed by atoms with Crippen molar-refractivity contribution in [1.29, 1.82) is 0 Å². The van der Waals surface area contributed by atoms with E-state index < -0.39 is 18.4 Å². The van der Waals surface area contributed by atoms with Gasteiger partial charge in [0.25, 0.3) is 0 Å². The van der Waals surface area contributed by atoms with Gasteiger partial charge in [-0.2, -0.15) is 0 Å². The molecule has 0 unspecified atom stereocenters. The molecule has 1 aromatic rings. The van der Waals surface area contributed by atoms with Crippen LogP contribution in [0.2, 0.25) is 0 Å². The van der Waals surface area contributed by atoms with Crippen LogP contribution in [0.25, 0.3) is 0 Å². The Bertz CT molecular complexity index is 307. The second-order valence-corrected chi connectivity index (χ2v) is 3.20. The van der Waals surface area contributed by atoms with Crippen molar-refractivity contribution in [2.75, 3.05) is 6.61 Å². The molecule has 0 aromatic heterocycles. The summed E-state index contributed by atoms with van der Waals surface area (Å²) in [4.78, 5) is 10.1. The van der Waals surface area contributed by atoms with E-state index in [1.807, 2.05) is 0 Å². The summed E-state index contributed by atoms with van der Waals surface area (Å²) < 4.78 is 18.0. The maximum Gasteiger partial charge on any atom is 0.341 e. The molecule has 0 aliphatic heterocycles. The van der Waals surface area contributed by atoms with E-state index >= 15 is 0 Å². The number of carboxylic acid groups (broad SMARTS) is 1. The molecule has 0 atom stereocenters. The van der Waals surface area contributed by atoms with Gasteiger partial charge in [0.1, 0.15) is 11.6 Å². The zero-order chi connectivity index (χ0) is 9.84. The lowest BCUT2D eigenvalue weighted by molar-refractivity contribution is -0.139. The van der Waals surface area contributed by atoms with Gasteiger partial charge in [-0.3, -0.25) is 0 Å². The van der Waals surface area contributed by atoms with Crippen molar-refractivity contribution in [3.63, 3.8) is 0 Å². The number of benzene rings is 1. The first-order valence-electron chi connectivity index (χ1n) is 3.38. The first kappa shape index (κ1) is 9.98. The lowest BCUT2D eigenvalue weighted by Crippen LogP contribution is -2.09. The third kappa shape index (κ3) is 3.42. The van der Waals surface area contributed by atoms with Crippen molar-refractivity contribution in [1.82, 2.24) is 0 Å². The Balaban J connectivity index is 2.71. The minimum absolute atomic E-state index is 0.189. The van der Waals surface area contributed by atoms with Crippen LogP contribution in [-0.4, -0.2) is 17.7 Å². The third-order valence-electron chi connectivity index (χ3n) is 1.20. The molecule has 13 heavy (non-hydrogen) atoms. The summed E-state index contributed by atoms with van der Waals surface area (Å²) in [6.07, 6.45) is 0. The smallest absolute Gasteiger partial charge is 0.341 e. The molecule has 0 heterocycles. The Labute approximate surface area is 82.3 Å². The second-order valence-electron chi connectivity index (χ2n) is 2.29. The molecule has 0 spiro atoms. The predicted octanol–water partition coefficient (Wildman–Crippen LogP) is 2.05. The first-order chi connectivity index (χ1) is 6.08. The maximum absolute atomic E-state index is 12.7. The summed E-state index contributed by atoms with van der Waals surface area (Å²) in [5.74, 6) is -1.38. The monoisotopic (exact) mass is 248 g/mol. The number of rotatable bonds is 3. The van der Waals surface area contributed by atoms with E-state index in [9.17, 15) is 9.18 Å². The van der Waals surface area contributed by atoms with Crippen LogP contribution in [0.4, 0.5) is 4.39 Å². The maximum atomic E-state index is 12.7. The SMILES string of the molecule is O=C(O)COc1cc(F)cc(Br)c1. The highest BCUT2D eigenvalue weighted by atomic mass is 79.9. The van der Waals surface area contributed by atoms with Crippen molar-refractivity contribution < 1.29 is 19.0 Å². The number of halogens is 2. The Morgan fingerprint density at radius 1 is 1.54 bits per heavy atom. The van der Waals surface area contributed by atoms with Crippen LogP contribution in [0.15, 0.2) is 22.7 Å². The van der Waals surface area contributed by atoms with E-state index in [2.05, 4.69) is 15.9 Å². The van der Waals surface area contributed by atoms with Gasteiger partial charge in [-0.05, 0) is 12.1 Å². The van der Waals surface area contributed by atoms with Crippen molar-refractivity contribution in [3.05, 3.63) is 28.5 Å². The molecule has 1 N–H and O–H groups in total. The molecule has 0 radical (unpaired) electrons. The topological polar surface area (TPSA) is 46.5 Å². The van der Waals surface area contributed by atoms with E-state index in [-0.39, 0.29) is 5.75 Å². The summed E-state index contributed by atoms with van der Waals surface area (Å²) in [5, 5.41) is 8.28. The summed E-state index contributed by atoms with van der Waals surface area (Å²) in [5.41, 5.74) is 0. The fraction of sp³-hybridized carbons (Fsp3) is 0.125. The van der Waals surface area contributed by atoms with E-state index in [1.54, 1.807) is 0 Å². The van der Waals surface area contributed by atoms with E-state index in [1.165, 1.54) is 12.1 Å². The van der Waals surface area contributed by atoms with Crippen molar-refractivity contribution in [3.8, 4) is 5.75 Å². The van der Waals surface area contributed by atoms with Crippen LogP contribution in [-0.2, 0) is 4.79 Å². The van der Waals surface area contributed by atoms with E-state index in [0.29, 0.717) is 4.47 Å². The van der Waals surface area contributed by atoms with Crippen LogP contribution in [0.3, 0.4) is 0 Å². The Kier molecular flexibility index (Phi) is 3.25. The Morgan fingerprint density at radius 3 is 2.77 bits per heavy atom. The number of hydrogen-bond donors (Lipinski definition) is 1. The second kappa shape index (κ2) is 4.23. The lowest BCUT2D eigenvalue weighted by atomic mass is 10.3. The molecule has 0 amide bonds. The van der Waals surface area contributed by atoms with Gasteiger partial charge >= 0.3 is 5.97 Å². The third-order valence-corrected chi connectivity index (χ3v) is 1.66. The van der Waals surface area contributed by atoms with Gasteiger partial charge in [-0.25, -0.2) is 9.18 Å². The summed E-state index contributed by atoms with van der Waals surface area (Å²) >= 11 is 3.05. The van der Waals surface area contributed by atoms with Gasteiger partial charge in [-0.15, -0.1) is 0 Å². The lowest BCUT2D eigenvalue weighted by Gasteiger charge is -2.03. The van der Waals surface area contributed by atoms with Crippen molar-refractivity contribution >= 4 is 21.9 Å². The van der Waals surface area contributed by atoms with Gasteiger partial charge in [0.15, 0.2) is 6.61 Å². The van der Waals surface area contributed by atoms with E-state index in [4.69, 9.17) is 9.84 Å². The molecule has 0 saturated carbocycles.